The van der Waals surface area contributed by atoms with E-state index >= 15 is 0 Å². The number of likely N-dealkylation sites (tertiary alicyclic amines) is 1. The second kappa shape index (κ2) is 4.60. The summed E-state index contributed by atoms with van der Waals surface area (Å²) in [5.41, 5.74) is 6.35. The van der Waals surface area contributed by atoms with Crippen LogP contribution in [0.1, 0.15) is 33.6 Å². The van der Waals surface area contributed by atoms with Gasteiger partial charge in [0.15, 0.2) is 0 Å². The van der Waals surface area contributed by atoms with Gasteiger partial charge in [0.1, 0.15) is 0 Å². The molecule has 14 heavy (non-hydrogen) atoms. The van der Waals surface area contributed by atoms with E-state index in [1.165, 1.54) is 12.8 Å². The molecular formula is C11H24N2O. The quantitative estimate of drug-likeness (QED) is 0.690. The molecule has 1 aliphatic heterocycles. The van der Waals surface area contributed by atoms with Crippen molar-refractivity contribution in [2.45, 2.75) is 45.8 Å². The summed E-state index contributed by atoms with van der Waals surface area (Å²) in [5, 5.41) is 9.28. The minimum atomic E-state index is -0.395. The molecule has 1 aliphatic rings. The topological polar surface area (TPSA) is 49.5 Å². The molecule has 0 saturated carbocycles. The van der Waals surface area contributed by atoms with Crippen molar-refractivity contribution >= 4 is 0 Å². The van der Waals surface area contributed by atoms with Crippen LogP contribution in [0.3, 0.4) is 0 Å². The molecule has 0 spiro atoms. The number of hydrogen-bond acceptors (Lipinski definition) is 3. The molecule has 2 unspecified atom stereocenters. The molecule has 0 aromatic carbocycles. The van der Waals surface area contributed by atoms with E-state index in [9.17, 15) is 5.11 Å². The van der Waals surface area contributed by atoms with E-state index in [1.54, 1.807) is 6.92 Å². The van der Waals surface area contributed by atoms with Crippen LogP contribution >= 0.6 is 0 Å². The van der Waals surface area contributed by atoms with Crippen LogP contribution in [0.15, 0.2) is 0 Å². The van der Waals surface area contributed by atoms with E-state index in [1.807, 2.05) is 0 Å². The Morgan fingerprint density at radius 3 is 2.21 bits per heavy atom. The molecule has 3 nitrogen and oxygen atoms in total. The van der Waals surface area contributed by atoms with E-state index < -0.39 is 6.10 Å². The molecule has 84 valence electrons. The van der Waals surface area contributed by atoms with Gasteiger partial charge in [-0.2, -0.15) is 0 Å². The van der Waals surface area contributed by atoms with Crippen LogP contribution in [-0.4, -0.2) is 41.8 Å². The minimum Gasteiger partial charge on any atom is -0.392 e. The van der Waals surface area contributed by atoms with Crippen LogP contribution < -0.4 is 5.73 Å². The van der Waals surface area contributed by atoms with Crippen molar-refractivity contribution in [3.8, 4) is 0 Å². The first kappa shape index (κ1) is 12.0. The number of aliphatic hydroxyl groups is 1. The fourth-order valence-electron chi connectivity index (χ4n) is 2.18. The van der Waals surface area contributed by atoms with E-state index in [0.29, 0.717) is 5.41 Å². The number of nitrogens with two attached hydrogens (primary N) is 1. The molecule has 1 rings (SSSR count). The van der Waals surface area contributed by atoms with Gasteiger partial charge in [0.05, 0.1) is 6.10 Å². The van der Waals surface area contributed by atoms with Crippen molar-refractivity contribution in [1.29, 1.82) is 0 Å². The average Bonchev–Trinajstić information content (AvgIpc) is 2.10. The van der Waals surface area contributed by atoms with E-state index in [0.717, 1.165) is 19.6 Å². The zero-order valence-electron chi connectivity index (χ0n) is 9.66. The lowest BCUT2D eigenvalue weighted by Crippen LogP contribution is -2.59. The van der Waals surface area contributed by atoms with E-state index in [4.69, 9.17) is 5.73 Å². The fraction of sp³-hybridized carbons (Fsp3) is 1.00. The first-order valence-electron chi connectivity index (χ1n) is 5.69. The van der Waals surface area contributed by atoms with Crippen LogP contribution in [-0.2, 0) is 0 Å². The minimum absolute atomic E-state index is 0.0956. The van der Waals surface area contributed by atoms with Crippen LogP contribution in [0.4, 0.5) is 0 Å². The highest BCUT2D eigenvalue weighted by atomic mass is 16.3. The molecule has 3 N–H and O–H groups in total. The average molecular weight is 200 g/mol. The molecule has 1 saturated heterocycles. The summed E-state index contributed by atoms with van der Waals surface area (Å²) in [5.74, 6) is 0. The van der Waals surface area contributed by atoms with Crippen LogP contribution in [0.2, 0.25) is 0 Å². The predicted molar refractivity (Wildman–Crippen MR) is 59.1 cm³/mol. The smallest absolute Gasteiger partial charge is 0.0675 e. The molecular weight excluding hydrogens is 176 g/mol. The van der Waals surface area contributed by atoms with Gasteiger partial charge in [0, 0.05) is 25.7 Å². The SMILES string of the molecule is CCC1(CC)CN(CC(N)C(C)O)C1. The molecule has 3 heteroatoms. The van der Waals surface area contributed by atoms with Crippen molar-refractivity contribution in [2.24, 2.45) is 11.1 Å². The lowest BCUT2D eigenvalue weighted by molar-refractivity contribution is -0.0183. The van der Waals surface area contributed by atoms with Gasteiger partial charge in [0.2, 0.25) is 0 Å². The first-order valence-corrected chi connectivity index (χ1v) is 5.69. The van der Waals surface area contributed by atoms with Gasteiger partial charge < -0.3 is 15.7 Å². The van der Waals surface area contributed by atoms with Crippen molar-refractivity contribution in [2.75, 3.05) is 19.6 Å². The van der Waals surface area contributed by atoms with Crippen LogP contribution in [0, 0.1) is 5.41 Å². The maximum absolute atomic E-state index is 9.28. The summed E-state index contributed by atoms with van der Waals surface area (Å²) in [6.07, 6.45) is 2.11. The Labute approximate surface area is 87.3 Å². The maximum Gasteiger partial charge on any atom is 0.0675 e. The summed E-state index contributed by atoms with van der Waals surface area (Å²) >= 11 is 0. The largest absolute Gasteiger partial charge is 0.392 e. The van der Waals surface area contributed by atoms with Crippen LogP contribution in [0.25, 0.3) is 0 Å². The number of rotatable bonds is 5. The van der Waals surface area contributed by atoms with Gasteiger partial charge in [0.25, 0.3) is 0 Å². The highest BCUT2D eigenvalue weighted by Crippen LogP contribution is 2.36. The van der Waals surface area contributed by atoms with Gasteiger partial charge in [-0.15, -0.1) is 0 Å². The van der Waals surface area contributed by atoms with Gasteiger partial charge in [-0.05, 0) is 25.2 Å². The van der Waals surface area contributed by atoms with E-state index in [-0.39, 0.29) is 6.04 Å². The number of nitrogens with zero attached hydrogens (tertiary/aromatic N) is 1. The number of hydrogen-bond donors (Lipinski definition) is 2. The Kier molecular flexibility index (Phi) is 3.93. The summed E-state index contributed by atoms with van der Waals surface area (Å²) in [7, 11) is 0. The molecule has 0 bridgehead atoms. The molecule has 1 fully saturated rings. The maximum atomic E-state index is 9.28. The lowest BCUT2D eigenvalue weighted by Gasteiger charge is -2.50. The van der Waals surface area contributed by atoms with Crippen molar-refractivity contribution in [3.05, 3.63) is 0 Å². The lowest BCUT2D eigenvalue weighted by atomic mass is 9.75. The second-order valence-corrected chi connectivity index (χ2v) is 4.78. The van der Waals surface area contributed by atoms with Crippen molar-refractivity contribution < 1.29 is 5.11 Å². The Morgan fingerprint density at radius 2 is 1.86 bits per heavy atom. The van der Waals surface area contributed by atoms with E-state index in [2.05, 4.69) is 18.7 Å². The summed E-state index contributed by atoms with van der Waals surface area (Å²) in [6, 6.07) is -0.0956. The summed E-state index contributed by atoms with van der Waals surface area (Å²) in [4.78, 5) is 2.35. The molecule has 0 aromatic rings. The highest BCUT2D eigenvalue weighted by molar-refractivity contribution is 4.94. The Morgan fingerprint density at radius 1 is 1.36 bits per heavy atom. The normalized spacial score (nSPS) is 25.5. The Balaban J connectivity index is 2.27. The molecule has 0 aliphatic carbocycles. The molecule has 0 aromatic heterocycles. The zero-order valence-corrected chi connectivity index (χ0v) is 9.66. The van der Waals surface area contributed by atoms with Gasteiger partial charge in [-0.1, -0.05) is 13.8 Å². The molecule has 0 amide bonds. The van der Waals surface area contributed by atoms with Gasteiger partial charge in [-0.25, -0.2) is 0 Å². The molecule has 1 heterocycles. The third kappa shape index (κ3) is 2.47. The van der Waals surface area contributed by atoms with Gasteiger partial charge in [-0.3, -0.25) is 0 Å². The molecule has 0 radical (unpaired) electrons. The fourth-order valence-corrected chi connectivity index (χ4v) is 2.18. The second-order valence-electron chi connectivity index (χ2n) is 4.78. The number of aliphatic hydroxyl groups excluding tert-OH is 1. The van der Waals surface area contributed by atoms with Crippen LogP contribution in [0.5, 0.6) is 0 Å². The first-order chi connectivity index (χ1) is 6.53. The summed E-state index contributed by atoms with van der Waals surface area (Å²) in [6.45, 7) is 9.42. The molecule has 2 atom stereocenters. The monoisotopic (exact) mass is 200 g/mol. The standard InChI is InChI=1S/C11H24N2O/c1-4-11(5-2)7-13(8-11)6-10(12)9(3)14/h9-10,14H,4-8,12H2,1-3H3. The highest BCUT2D eigenvalue weighted by Gasteiger charge is 2.40. The zero-order chi connectivity index (χ0) is 10.8. The Bertz CT molecular complexity index is 167. The van der Waals surface area contributed by atoms with Crippen molar-refractivity contribution in [3.63, 3.8) is 0 Å². The summed E-state index contributed by atoms with van der Waals surface area (Å²) < 4.78 is 0. The predicted octanol–water partition coefficient (Wildman–Crippen LogP) is 0.817. The third-order valence-electron chi connectivity index (χ3n) is 3.71. The van der Waals surface area contributed by atoms with Gasteiger partial charge >= 0.3 is 0 Å². The van der Waals surface area contributed by atoms with Crippen molar-refractivity contribution in [1.82, 2.24) is 4.90 Å². The Hall–Kier alpha value is -0.120. The third-order valence-corrected chi connectivity index (χ3v) is 3.71.